The van der Waals surface area contributed by atoms with Crippen molar-refractivity contribution in [1.29, 1.82) is 0 Å². The van der Waals surface area contributed by atoms with Crippen molar-refractivity contribution < 1.29 is 0 Å². The molecular weight excluding hydrogens is 312 g/mol. The summed E-state index contributed by atoms with van der Waals surface area (Å²) in [6.07, 6.45) is 4.02. The third kappa shape index (κ3) is 2.99. The summed E-state index contributed by atoms with van der Waals surface area (Å²) in [5, 5.41) is 4.45. The molecule has 0 fully saturated rings. The molecule has 0 amide bonds. The summed E-state index contributed by atoms with van der Waals surface area (Å²) in [4.78, 5) is 0. The van der Waals surface area contributed by atoms with Crippen molar-refractivity contribution in [3.63, 3.8) is 0 Å². The van der Waals surface area contributed by atoms with Crippen molar-refractivity contribution in [1.82, 2.24) is 9.78 Å². The fraction of sp³-hybridized carbons (Fsp3) is 0.118. The van der Waals surface area contributed by atoms with Gasteiger partial charge in [-0.2, -0.15) is 5.10 Å². The van der Waals surface area contributed by atoms with Gasteiger partial charge in [-0.15, -0.1) is 0 Å². The van der Waals surface area contributed by atoms with Gasteiger partial charge in [0.05, 0.1) is 12.7 Å². The Hall–Kier alpha value is -1.87. The average molecular weight is 327 g/mol. The molecule has 100 valence electrons. The highest BCUT2D eigenvalue weighted by molar-refractivity contribution is 9.10. The van der Waals surface area contributed by atoms with Crippen LogP contribution in [0.15, 0.2) is 65.4 Å². The Kier molecular flexibility index (Phi) is 3.70. The quantitative estimate of drug-likeness (QED) is 0.683. The van der Waals surface area contributed by atoms with Crippen molar-refractivity contribution in [3.8, 4) is 11.1 Å². The highest BCUT2D eigenvalue weighted by Crippen LogP contribution is 2.20. The Morgan fingerprint density at radius 3 is 2.70 bits per heavy atom. The average Bonchev–Trinajstić information content (AvgIpc) is 2.87. The largest absolute Gasteiger partial charge is 0.268 e. The van der Waals surface area contributed by atoms with Gasteiger partial charge >= 0.3 is 0 Å². The number of rotatable bonds is 3. The molecule has 20 heavy (non-hydrogen) atoms. The molecule has 0 atom stereocenters. The molecule has 2 aromatic carbocycles. The van der Waals surface area contributed by atoms with Crippen LogP contribution in [0.5, 0.6) is 0 Å². The molecule has 1 heterocycles. The minimum absolute atomic E-state index is 0.783. The lowest BCUT2D eigenvalue weighted by molar-refractivity contribution is 0.687. The lowest BCUT2D eigenvalue weighted by Gasteiger charge is -2.02. The lowest BCUT2D eigenvalue weighted by Crippen LogP contribution is -1.99. The zero-order valence-corrected chi connectivity index (χ0v) is 12.8. The topological polar surface area (TPSA) is 17.8 Å². The maximum absolute atomic E-state index is 4.45. The predicted molar refractivity (Wildman–Crippen MR) is 85.6 cm³/mol. The molecule has 3 rings (SSSR count). The van der Waals surface area contributed by atoms with E-state index < -0.39 is 0 Å². The molecule has 0 aliphatic rings. The Bertz CT molecular complexity index is 731. The van der Waals surface area contributed by atoms with Gasteiger partial charge in [0, 0.05) is 16.2 Å². The summed E-state index contributed by atoms with van der Waals surface area (Å²) < 4.78 is 3.07. The zero-order chi connectivity index (χ0) is 13.9. The van der Waals surface area contributed by atoms with Gasteiger partial charge in [0.25, 0.3) is 0 Å². The monoisotopic (exact) mass is 326 g/mol. The van der Waals surface area contributed by atoms with Gasteiger partial charge in [0.1, 0.15) is 0 Å². The summed E-state index contributed by atoms with van der Waals surface area (Å²) in [7, 11) is 0. The zero-order valence-electron chi connectivity index (χ0n) is 11.3. The lowest BCUT2D eigenvalue weighted by atomic mass is 10.1. The van der Waals surface area contributed by atoms with Crippen molar-refractivity contribution in [2.24, 2.45) is 0 Å². The number of nitrogens with zero attached hydrogens (tertiary/aromatic N) is 2. The molecule has 0 aliphatic heterocycles. The second-order valence-electron chi connectivity index (χ2n) is 4.93. The van der Waals surface area contributed by atoms with Crippen LogP contribution < -0.4 is 0 Å². The highest BCUT2D eigenvalue weighted by atomic mass is 79.9. The van der Waals surface area contributed by atoms with Crippen molar-refractivity contribution in [2.75, 3.05) is 0 Å². The molecule has 0 unspecified atom stereocenters. The van der Waals surface area contributed by atoms with Gasteiger partial charge in [-0.05, 0) is 30.2 Å². The van der Waals surface area contributed by atoms with Crippen LogP contribution in [-0.2, 0) is 6.54 Å². The summed E-state index contributed by atoms with van der Waals surface area (Å²) in [5.41, 5.74) is 4.87. The van der Waals surface area contributed by atoms with Crippen LogP contribution >= 0.6 is 15.9 Å². The summed E-state index contributed by atoms with van der Waals surface area (Å²) in [5.74, 6) is 0. The Morgan fingerprint density at radius 2 is 1.90 bits per heavy atom. The van der Waals surface area contributed by atoms with Gasteiger partial charge in [0.2, 0.25) is 0 Å². The van der Waals surface area contributed by atoms with E-state index in [0.29, 0.717) is 0 Å². The van der Waals surface area contributed by atoms with E-state index in [-0.39, 0.29) is 0 Å². The Morgan fingerprint density at radius 1 is 1.05 bits per heavy atom. The van der Waals surface area contributed by atoms with E-state index in [1.165, 1.54) is 16.7 Å². The number of hydrogen-bond acceptors (Lipinski definition) is 1. The first-order chi connectivity index (χ1) is 9.70. The number of hydrogen-bond donors (Lipinski definition) is 0. The molecule has 0 saturated carbocycles. The third-order valence-corrected chi connectivity index (χ3v) is 3.71. The van der Waals surface area contributed by atoms with Crippen LogP contribution in [-0.4, -0.2) is 9.78 Å². The molecule has 0 saturated heterocycles. The van der Waals surface area contributed by atoms with Crippen molar-refractivity contribution in [3.05, 3.63) is 76.5 Å². The first-order valence-electron chi connectivity index (χ1n) is 6.55. The van der Waals surface area contributed by atoms with Crippen LogP contribution in [0.4, 0.5) is 0 Å². The van der Waals surface area contributed by atoms with E-state index in [9.17, 15) is 0 Å². The Labute approximate surface area is 127 Å². The smallest absolute Gasteiger partial charge is 0.0660 e. The molecule has 0 aliphatic carbocycles. The summed E-state index contributed by atoms with van der Waals surface area (Å²) >= 11 is 3.50. The molecule has 2 nitrogen and oxygen atoms in total. The maximum Gasteiger partial charge on any atom is 0.0660 e. The third-order valence-electron chi connectivity index (χ3n) is 3.22. The number of aryl methyl sites for hydroxylation is 1. The second-order valence-corrected chi connectivity index (χ2v) is 5.84. The molecule has 3 aromatic rings. The molecule has 0 spiro atoms. The van der Waals surface area contributed by atoms with Crippen LogP contribution in [0.2, 0.25) is 0 Å². The van der Waals surface area contributed by atoms with Gasteiger partial charge in [-0.1, -0.05) is 57.9 Å². The van der Waals surface area contributed by atoms with Gasteiger partial charge < -0.3 is 0 Å². The second kappa shape index (κ2) is 5.63. The van der Waals surface area contributed by atoms with Crippen LogP contribution in [0.3, 0.4) is 0 Å². The first-order valence-corrected chi connectivity index (χ1v) is 7.34. The Balaban J connectivity index is 1.84. The fourth-order valence-corrected chi connectivity index (χ4v) is 2.69. The molecule has 0 bridgehead atoms. The van der Waals surface area contributed by atoms with E-state index in [4.69, 9.17) is 0 Å². The van der Waals surface area contributed by atoms with Crippen LogP contribution in [0, 0.1) is 6.92 Å². The van der Waals surface area contributed by atoms with E-state index in [1.54, 1.807) is 0 Å². The maximum atomic E-state index is 4.45. The molecule has 0 N–H and O–H groups in total. The van der Waals surface area contributed by atoms with E-state index >= 15 is 0 Å². The molecule has 1 aromatic heterocycles. The summed E-state index contributed by atoms with van der Waals surface area (Å²) in [6.45, 7) is 2.89. The van der Waals surface area contributed by atoms with Crippen molar-refractivity contribution in [2.45, 2.75) is 13.5 Å². The molecular formula is C17H15BrN2. The molecule has 3 heteroatoms. The van der Waals surface area contributed by atoms with Crippen LogP contribution in [0.1, 0.15) is 11.1 Å². The standard InChI is InChI=1S/C17H15BrN2/c1-13-4-2-6-15(8-13)16-10-19-20(12-16)11-14-5-3-7-17(18)9-14/h2-10,12H,11H2,1H3. The number of aromatic nitrogens is 2. The van der Waals surface area contributed by atoms with Gasteiger partial charge in [0.15, 0.2) is 0 Å². The number of halogens is 1. The van der Waals surface area contributed by atoms with E-state index in [0.717, 1.165) is 16.6 Å². The predicted octanol–water partition coefficient (Wildman–Crippen LogP) is 4.67. The van der Waals surface area contributed by atoms with Crippen molar-refractivity contribution >= 4 is 15.9 Å². The fourth-order valence-electron chi connectivity index (χ4n) is 2.25. The normalized spacial score (nSPS) is 10.7. The van der Waals surface area contributed by atoms with Gasteiger partial charge in [-0.25, -0.2) is 0 Å². The minimum atomic E-state index is 0.783. The van der Waals surface area contributed by atoms with Crippen LogP contribution in [0.25, 0.3) is 11.1 Å². The number of benzene rings is 2. The SMILES string of the molecule is Cc1cccc(-c2cnn(Cc3cccc(Br)c3)c2)c1. The van der Waals surface area contributed by atoms with E-state index in [1.807, 2.05) is 23.0 Å². The highest BCUT2D eigenvalue weighted by Gasteiger charge is 2.03. The van der Waals surface area contributed by atoms with Gasteiger partial charge in [-0.3, -0.25) is 4.68 Å². The summed E-state index contributed by atoms with van der Waals surface area (Å²) in [6, 6.07) is 16.8. The van der Waals surface area contributed by atoms with E-state index in [2.05, 4.69) is 70.5 Å². The first kappa shape index (κ1) is 13.1. The minimum Gasteiger partial charge on any atom is -0.268 e. The molecule has 0 radical (unpaired) electrons.